The van der Waals surface area contributed by atoms with Gasteiger partial charge in [0.15, 0.2) is 11.5 Å². The summed E-state index contributed by atoms with van der Waals surface area (Å²) in [4.78, 5) is 20.8. The van der Waals surface area contributed by atoms with Crippen LogP contribution in [0.5, 0.6) is 17.2 Å². The summed E-state index contributed by atoms with van der Waals surface area (Å²) in [5.41, 5.74) is 4.64. The first-order valence-electron chi connectivity index (χ1n) is 13.0. The smallest absolute Gasteiger partial charge is 0.272 e. The van der Waals surface area contributed by atoms with Gasteiger partial charge >= 0.3 is 0 Å². The second-order valence-electron chi connectivity index (χ2n) is 9.74. The number of hydrogen-bond donors (Lipinski definition) is 0. The topological polar surface area (TPSA) is 87.9 Å². The van der Waals surface area contributed by atoms with Gasteiger partial charge < -0.3 is 23.8 Å². The van der Waals surface area contributed by atoms with E-state index in [4.69, 9.17) is 23.9 Å². The zero-order valence-corrected chi connectivity index (χ0v) is 23.1. The molecule has 0 radical (unpaired) electrons. The molecule has 1 amide bonds. The van der Waals surface area contributed by atoms with E-state index >= 15 is 0 Å². The van der Waals surface area contributed by atoms with Crippen molar-refractivity contribution in [3.05, 3.63) is 65.5 Å². The van der Waals surface area contributed by atoms with E-state index in [1.165, 1.54) is 0 Å². The van der Waals surface area contributed by atoms with Crippen molar-refractivity contribution < 1.29 is 23.7 Å². The average molecular weight is 531 g/mol. The molecule has 9 nitrogen and oxygen atoms in total. The van der Waals surface area contributed by atoms with Gasteiger partial charge in [0, 0.05) is 43.8 Å². The molecule has 5 rings (SSSR count). The van der Waals surface area contributed by atoms with E-state index in [1.54, 1.807) is 33.1 Å². The number of methoxy groups -OCH3 is 3. The highest BCUT2D eigenvalue weighted by Gasteiger charge is 2.27. The molecule has 1 aliphatic heterocycles. The predicted molar refractivity (Wildman–Crippen MR) is 148 cm³/mol. The van der Waals surface area contributed by atoms with Crippen molar-refractivity contribution in [3.63, 3.8) is 0 Å². The molecule has 1 atom stereocenters. The summed E-state index contributed by atoms with van der Waals surface area (Å²) >= 11 is 0. The van der Waals surface area contributed by atoms with Gasteiger partial charge in [-0.1, -0.05) is 12.1 Å². The van der Waals surface area contributed by atoms with Crippen LogP contribution in [0.4, 0.5) is 0 Å². The Hall–Kier alpha value is -4.11. The van der Waals surface area contributed by atoms with Crippen LogP contribution in [0.1, 0.15) is 34.6 Å². The summed E-state index contributed by atoms with van der Waals surface area (Å²) in [6, 6.07) is 15.5. The Balaban J connectivity index is 1.64. The standard InChI is InChI=1S/C30H34N4O5/c1-19-12-26(33(2)32-19)30(35)34(18-24-10-7-11-39-24)17-22-13-21-15-27(37-4)28(38-5)16-25(21)31-29(22)20-8-6-9-23(14-20)36-3/h6,8-9,12-16,24H,7,10-11,17-18H2,1-5H3. The highest BCUT2D eigenvalue weighted by atomic mass is 16.5. The van der Waals surface area contributed by atoms with Gasteiger partial charge in [-0.05, 0) is 55.7 Å². The second kappa shape index (κ2) is 11.3. The van der Waals surface area contributed by atoms with Crippen molar-refractivity contribution in [1.82, 2.24) is 19.7 Å². The van der Waals surface area contributed by atoms with Crippen molar-refractivity contribution in [2.24, 2.45) is 7.05 Å². The minimum atomic E-state index is -0.0994. The van der Waals surface area contributed by atoms with E-state index < -0.39 is 0 Å². The maximum absolute atomic E-state index is 13.9. The Labute approximate surface area is 228 Å². The minimum absolute atomic E-state index is 0.0127. The predicted octanol–water partition coefficient (Wildman–Crippen LogP) is 4.79. The molecule has 2 aromatic heterocycles. The molecule has 1 aliphatic rings. The lowest BCUT2D eigenvalue weighted by molar-refractivity contribution is 0.0499. The molecule has 0 bridgehead atoms. The monoisotopic (exact) mass is 530 g/mol. The maximum atomic E-state index is 13.9. The summed E-state index contributed by atoms with van der Waals surface area (Å²) < 4.78 is 24.1. The van der Waals surface area contributed by atoms with Crippen molar-refractivity contribution in [1.29, 1.82) is 0 Å². The van der Waals surface area contributed by atoms with Gasteiger partial charge in [-0.2, -0.15) is 5.10 Å². The van der Waals surface area contributed by atoms with Gasteiger partial charge in [0.25, 0.3) is 5.91 Å². The van der Waals surface area contributed by atoms with Gasteiger partial charge in [-0.25, -0.2) is 4.98 Å². The number of aromatic nitrogens is 3. The first-order chi connectivity index (χ1) is 18.9. The third-order valence-corrected chi connectivity index (χ3v) is 7.06. The average Bonchev–Trinajstić information content (AvgIpc) is 3.59. The van der Waals surface area contributed by atoms with E-state index in [0.717, 1.165) is 52.0 Å². The highest BCUT2D eigenvalue weighted by molar-refractivity contribution is 5.93. The number of pyridine rings is 1. The molecule has 1 unspecified atom stereocenters. The molecular formula is C30H34N4O5. The van der Waals surface area contributed by atoms with Gasteiger partial charge in [-0.3, -0.25) is 9.48 Å². The van der Waals surface area contributed by atoms with Crippen LogP contribution in [0.2, 0.25) is 0 Å². The number of benzene rings is 2. The van der Waals surface area contributed by atoms with Crippen LogP contribution in [-0.4, -0.2) is 66.2 Å². The second-order valence-corrected chi connectivity index (χ2v) is 9.74. The van der Waals surface area contributed by atoms with Crippen molar-refractivity contribution in [2.45, 2.75) is 32.4 Å². The Bertz CT molecular complexity index is 1490. The first-order valence-corrected chi connectivity index (χ1v) is 13.0. The number of hydrogen-bond acceptors (Lipinski definition) is 7. The zero-order chi connectivity index (χ0) is 27.5. The van der Waals surface area contributed by atoms with Gasteiger partial charge in [-0.15, -0.1) is 0 Å². The number of carbonyl (C=O) groups excluding carboxylic acids is 1. The molecule has 0 spiro atoms. The zero-order valence-electron chi connectivity index (χ0n) is 23.1. The number of ether oxygens (including phenoxy) is 4. The molecular weight excluding hydrogens is 496 g/mol. The summed E-state index contributed by atoms with van der Waals surface area (Å²) in [5.74, 6) is 1.84. The number of amides is 1. The van der Waals surface area contributed by atoms with Crippen LogP contribution < -0.4 is 14.2 Å². The van der Waals surface area contributed by atoms with Crippen molar-refractivity contribution in [3.8, 4) is 28.5 Å². The molecule has 1 saturated heterocycles. The molecule has 39 heavy (non-hydrogen) atoms. The third kappa shape index (κ3) is 5.54. The fourth-order valence-electron chi connectivity index (χ4n) is 5.12. The number of nitrogens with zero attached hydrogens (tertiary/aromatic N) is 4. The van der Waals surface area contributed by atoms with Crippen LogP contribution >= 0.6 is 0 Å². The van der Waals surface area contributed by atoms with Crippen LogP contribution in [0.3, 0.4) is 0 Å². The maximum Gasteiger partial charge on any atom is 0.272 e. The van der Waals surface area contributed by atoms with E-state index in [2.05, 4.69) is 11.2 Å². The van der Waals surface area contributed by atoms with Crippen molar-refractivity contribution >= 4 is 16.8 Å². The lowest BCUT2D eigenvalue weighted by Gasteiger charge is -2.27. The number of aryl methyl sites for hydroxylation is 2. The number of fused-ring (bicyclic) bond motifs is 1. The molecule has 3 heterocycles. The normalized spacial score (nSPS) is 14.9. The Kier molecular flexibility index (Phi) is 7.70. The number of carbonyl (C=O) groups is 1. The van der Waals surface area contributed by atoms with Crippen LogP contribution in [0.25, 0.3) is 22.2 Å². The third-order valence-electron chi connectivity index (χ3n) is 7.06. The van der Waals surface area contributed by atoms with E-state index in [-0.39, 0.29) is 12.0 Å². The highest BCUT2D eigenvalue weighted by Crippen LogP contribution is 2.35. The molecule has 0 saturated carbocycles. The number of rotatable bonds is 9. The Morgan fingerprint density at radius 3 is 2.54 bits per heavy atom. The summed E-state index contributed by atoms with van der Waals surface area (Å²) in [6.07, 6.45) is 1.90. The lowest BCUT2D eigenvalue weighted by atomic mass is 10.0. The Morgan fingerprint density at radius 1 is 1.08 bits per heavy atom. The van der Waals surface area contributed by atoms with Gasteiger partial charge in [0.05, 0.1) is 44.3 Å². The quantitative estimate of drug-likeness (QED) is 0.307. The molecule has 0 N–H and O–H groups in total. The van der Waals surface area contributed by atoms with Gasteiger partial charge in [0.2, 0.25) is 0 Å². The fraction of sp³-hybridized carbons (Fsp3) is 0.367. The molecule has 0 aliphatic carbocycles. The molecule has 9 heteroatoms. The van der Waals surface area contributed by atoms with E-state index in [1.807, 2.05) is 54.3 Å². The van der Waals surface area contributed by atoms with E-state index in [0.29, 0.717) is 36.9 Å². The fourth-order valence-corrected chi connectivity index (χ4v) is 5.12. The van der Waals surface area contributed by atoms with Crippen LogP contribution in [-0.2, 0) is 18.3 Å². The summed E-state index contributed by atoms with van der Waals surface area (Å²) in [5, 5.41) is 5.28. The van der Waals surface area contributed by atoms with E-state index in [9.17, 15) is 4.79 Å². The Morgan fingerprint density at radius 2 is 1.87 bits per heavy atom. The molecule has 204 valence electrons. The SMILES string of the molecule is COc1cccc(-c2nc3cc(OC)c(OC)cc3cc2CN(CC2CCCO2)C(=O)c2cc(C)nn2C)c1. The molecule has 1 fully saturated rings. The summed E-state index contributed by atoms with van der Waals surface area (Å²) in [7, 11) is 6.66. The first kappa shape index (κ1) is 26.5. The molecule has 2 aromatic carbocycles. The minimum Gasteiger partial charge on any atom is -0.497 e. The van der Waals surface area contributed by atoms with Gasteiger partial charge in [0.1, 0.15) is 11.4 Å². The van der Waals surface area contributed by atoms with Crippen molar-refractivity contribution in [2.75, 3.05) is 34.5 Å². The lowest BCUT2D eigenvalue weighted by Crippen LogP contribution is -2.38. The van der Waals surface area contributed by atoms with Crippen LogP contribution in [0, 0.1) is 6.92 Å². The van der Waals surface area contributed by atoms with Crippen LogP contribution in [0.15, 0.2) is 48.5 Å². The molecule has 4 aromatic rings. The summed E-state index contributed by atoms with van der Waals surface area (Å²) in [6.45, 7) is 3.42. The largest absolute Gasteiger partial charge is 0.497 e.